The summed E-state index contributed by atoms with van der Waals surface area (Å²) in [5, 5.41) is 2.18. The molecule has 0 saturated carbocycles. The predicted octanol–water partition coefficient (Wildman–Crippen LogP) is 12.9. The molecule has 0 saturated heterocycles. The van der Waals surface area contributed by atoms with E-state index < -0.39 is 19.2 Å². The van der Waals surface area contributed by atoms with Crippen molar-refractivity contribution in [2.24, 2.45) is 0 Å². The fourth-order valence-electron chi connectivity index (χ4n) is 7.61. The first kappa shape index (κ1) is 39.9. The summed E-state index contributed by atoms with van der Waals surface area (Å²) in [5.41, 5.74) is 13.2. The van der Waals surface area contributed by atoms with E-state index in [2.05, 4.69) is 122 Å². The Labute approximate surface area is 350 Å². The molecule has 0 aliphatic rings. The summed E-state index contributed by atoms with van der Waals surface area (Å²) in [7, 11) is 0. The predicted molar refractivity (Wildman–Crippen MR) is 234 cm³/mol. The Bertz CT molecular complexity index is 2680. The minimum Gasteiger partial charge on any atom is 0 e. The number of hydrogen-bond donors (Lipinski definition) is 0. The average molecular weight is 979 g/mol. The van der Waals surface area contributed by atoms with Crippen molar-refractivity contribution in [1.82, 2.24) is 19.5 Å². The van der Waals surface area contributed by atoms with Gasteiger partial charge in [0.15, 0.2) is 0 Å². The monoisotopic (exact) mass is 980 g/mol. The summed E-state index contributed by atoms with van der Waals surface area (Å²) in [6.45, 7) is 17.0. The summed E-state index contributed by atoms with van der Waals surface area (Å²) >= 11 is -2.03. The molecule has 0 amide bonds. The molecule has 0 fully saturated rings. The number of imidazole rings is 1. The minimum absolute atomic E-state index is 0. The molecule has 7 heteroatoms. The molecule has 1 radical (unpaired) electrons. The van der Waals surface area contributed by atoms with Gasteiger partial charge in [-0.1, -0.05) is 75.0 Å². The Morgan fingerprint density at radius 1 is 0.750 bits per heavy atom. The molecule has 56 heavy (non-hydrogen) atoms. The zero-order valence-corrected chi connectivity index (χ0v) is 38.9. The summed E-state index contributed by atoms with van der Waals surface area (Å²) in [4.78, 5) is 14.7. The second kappa shape index (κ2) is 16.6. The van der Waals surface area contributed by atoms with Gasteiger partial charge in [0.2, 0.25) is 0 Å². The molecule has 5 nitrogen and oxygen atoms in total. The molecular weight excluding hydrogens is 925 g/mol. The molecule has 0 unspecified atom stereocenters. The van der Waals surface area contributed by atoms with E-state index in [4.69, 9.17) is 15.8 Å². The Morgan fingerprint density at radius 3 is 2.09 bits per heavy atom. The molecule has 4 heterocycles. The number of benzene rings is 4. The van der Waals surface area contributed by atoms with Gasteiger partial charge < -0.3 is 8.98 Å². The number of nitrogens with zero attached hydrogens (tertiary/aromatic N) is 4. The molecule has 0 atom stereocenters. The van der Waals surface area contributed by atoms with Gasteiger partial charge in [-0.2, -0.15) is 0 Å². The zero-order valence-electron chi connectivity index (χ0n) is 35.4. The van der Waals surface area contributed by atoms with Crippen molar-refractivity contribution in [3.63, 3.8) is 0 Å². The first-order chi connectivity index (χ1) is 26.5. The van der Waals surface area contributed by atoms with Crippen LogP contribution in [-0.2, 0) is 20.1 Å². The van der Waals surface area contributed by atoms with E-state index in [1.54, 1.807) is 0 Å². The van der Waals surface area contributed by atoms with Crippen LogP contribution in [0.1, 0.15) is 88.7 Å². The van der Waals surface area contributed by atoms with Gasteiger partial charge in [-0.15, -0.1) is 18.2 Å². The van der Waals surface area contributed by atoms with E-state index in [1.165, 1.54) is 21.2 Å². The van der Waals surface area contributed by atoms with Crippen LogP contribution in [0.25, 0.3) is 61.3 Å². The summed E-state index contributed by atoms with van der Waals surface area (Å²) in [6.07, 6.45) is 2.00. The smallest absolute Gasteiger partial charge is 0 e. The van der Waals surface area contributed by atoms with Crippen LogP contribution >= 0.6 is 0 Å². The maximum absolute atomic E-state index is 8.44. The van der Waals surface area contributed by atoms with Crippen molar-refractivity contribution in [3.05, 3.63) is 137 Å². The van der Waals surface area contributed by atoms with E-state index in [9.17, 15) is 0 Å². The largest absolute Gasteiger partial charge is 0 e. The topological polar surface area (TPSA) is 56.7 Å². The number of hydrogen-bond acceptors (Lipinski definition) is 4. The van der Waals surface area contributed by atoms with Crippen molar-refractivity contribution < 1.29 is 25.9 Å². The molecule has 8 aromatic rings. The molecule has 289 valence electrons. The number of fused-ring (bicyclic) bond motifs is 4. The number of aromatic nitrogens is 4. The van der Waals surface area contributed by atoms with Gasteiger partial charge in [-0.25, -0.2) is 0 Å². The maximum Gasteiger partial charge on any atom is 0 e. The molecule has 0 aliphatic heterocycles. The number of para-hydroxylation sites is 2. The standard InChI is InChI=1S/C32H30N3O.C17H22GeN.Ir/c1-18(2)22-12-9-13-23(19(3)4)30(22)35-29-21(6)33-20(5)17-27(29)34-32(35)26-15-10-14-25-24-11-7-8-16-28(24)36-31(25)26;1-13(2)15-11-17(14-9-7-6-8-10-14)19-12-16(15)18(3,4)5;/h7-14,16-19H,1-6H3;6-9,11-13H,1-5H3;/q2*-1;/i;13D;. The van der Waals surface area contributed by atoms with Crippen LogP contribution in [0.15, 0.2) is 102 Å². The normalized spacial score (nSPS) is 12.3. The molecule has 0 N–H and O–H groups in total. The van der Waals surface area contributed by atoms with Crippen molar-refractivity contribution in [1.29, 1.82) is 0 Å². The number of furan rings is 1. The fraction of sp³-hybridized carbons (Fsp3) is 0.286. The van der Waals surface area contributed by atoms with Crippen LogP contribution in [-0.4, -0.2) is 32.8 Å². The maximum atomic E-state index is 8.44. The average Bonchev–Trinajstić information content (AvgIpc) is 3.73. The Kier molecular flexibility index (Phi) is 11.8. The van der Waals surface area contributed by atoms with Gasteiger partial charge in [-0.3, -0.25) is 9.97 Å². The van der Waals surface area contributed by atoms with Crippen molar-refractivity contribution in [2.45, 2.75) is 90.4 Å². The second-order valence-electron chi connectivity index (χ2n) is 16.4. The summed E-state index contributed by atoms with van der Waals surface area (Å²) in [6, 6.07) is 37.6. The van der Waals surface area contributed by atoms with E-state index in [1.807, 2.05) is 69.4 Å². The first-order valence-electron chi connectivity index (χ1n) is 19.8. The van der Waals surface area contributed by atoms with Crippen molar-refractivity contribution in [2.75, 3.05) is 0 Å². The van der Waals surface area contributed by atoms with Crippen molar-refractivity contribution in [3.8, 4) is 28.3 Å². The Balaban J connectivity index is 0.000000223. The fourth-order valence-corrected chi connectivity index (χ4v) is 10.9. The minimum atomic E-state index is -2.03. The van der Waals surface area contributed by atoms with Crippen LogP contribution in [0, 0.1) is 26.0 Å². The van der Waals surface area contributed by atoms with Crippen LogP contribution in [0.2, 0.25) is 17.3 Å². The zero-order chi connectivity index (χ0) is 40.1. The molecule has 0 spiro atoms. The van der Waals surface area contributed by atoms with E-state index in [0.717, 1.165) is 72.6 Å². The molecule has 4 aromatic heterocycles. The third-order valence-electron chi connectivity index (χ3n) is 10.3. The SMILES string of the molecule is Cc1cc2nc(-c3[c-]ccc4c3oc3ccccc34)n(-c3c(C(C)C)cccc3C(C)C)c2c(C)n1.[2H]C(C)(C)c1cc(-c2[c-]cccc2)nc[c]1[Ge]([CH3])([CH3])[CH3].[Ir]. The molecule has 0 bridgehead atoms. The van der Waals surface area contributed by atoms with Gasteiger partial charge in [0.05, 0.1) is 28.1 Å². The number of rotatable bonds is 7. The molecule has 0 aliphatic carbocycles. The van der Waals surface area contributed by atoms with Gasteiger partial charge in [0, 0.05) is 36.9 Å². The van der Waals surface area contributed by atoms with Crippen LogP contribution in [0.4, 0.5) is 0 Å². The first-order valence-corrected chi connectivity index (χ1v) is 26.7. The third-order valence-corrected chi connectivity index (χ3v) is 14.5. The van der Waals surface area contributed by atoms with Gasteiger partial charge >= 0.3 is 120 Å². The molecule has 8 rings (SSSR count). The van der Waals surface area contributed by atoms with Crippen molar-refractivity contribution >= 4 is 50.6 Å². The van der Waals surface area contributed by atoms with Gasteiger partial charge in [0.1, 0.15) is 5.58 Å². The Hall–Kier alpha value is -4.36. The quantitative estimate of drug-likeness (QED) is 0.118. The van der Waals surface area contributed by atoms with E-state index >= 15 is 0 Å². The van der Waals surface area contributed by atoms with Crippen LogP contribution in [0.3, 0.4) is 0 Å². The van der Waals surface area contributed by atoms with Crippen LogP contribution in [0.5, 0.6) is 0 Å². The Morgan fingerprint density at radius 2 is 1.45 bits per heavy atom. The molecule has 4 aromatic carbocycles. The van der Waals surface area contributed by atoms with E-state index in [-0.39, 0.29) is 20.1 Å². The second-order valence-corrected chi connectivity index (χ2v) is 27.0. The van der Waals surface area contributed by atoms with Gasteiger partial charge in [0.25, 0.3) is 0 Å². The van der Waals surface area contributed by atoms with E-state index in [0.29, 0.717) is 11.8 Å². The molecular formula is C49H52GeIrN4O-2. The number of aryl methyl sites for hydroxylation is 2. The summed E-state index contributed by atoms with van der Waals surface area (Å²) < 4.78 is 18.5. The third kappa shape index (κ3) is 7.94. The summed E-state index contributed by atoms with van der Waals surface area (Å²) in [5.74, 6) is 7.96. The van der Waals surface area contributed by atoms with Crippen LogP contribution < -0.4 is 4.40 Å². The van der Waals surface area contributed by atoms with Gasteiger partial charge in [-0.05, 0) is 48.9 Å². The number of pyridine rings is 2.